The van der Waals surface area contributed by atoms with Crippen LogP contribution < -0.4 is 11.1 Å². The van der Waals surface area contributed by atoms with Gasteiger partial charge >= 0.3 is 0 Å². The minimum Gasteiger partial charge on any atom is -0.377 e. The number of ether oxygens (including phenoxy) is 1. The van der Waals surface area contributed by atoms with Gasteiger partial charge in [-0.25, -0.2) is 0 Å². The van der Waals surface area contributed by atoms with Crippen LogP contribution in [-0.2, 0) is 9.53 Å². The third-order valence-corrected chi connectivity index (χ3v) is 5.22. The van der Waals surface area contributed by atoms with Crippen LogP contribution in [-0.4, -0.2) is 30.7 Å². The summed E-state index contributed by atoms with van der Waals surface area (Å²) in [4.78, 5) is 12.6. The Hall–Kier alpha value is -0.610. The Balaban J connectivity index is 2.00. The van der Waals surface area contributed by atoms with Crippen LogP contribution in [0.4, 0.5) is 0 Å². The molecule has 4 heteroatoms. The molecule has 116 valence electrons. The van der Waals surface area contributed by atoms with Crippen molar-refractivity contribution in [2.45, 2.75) is 65.5 Å². The lowest BCUT2D eigenvalue weighted by molar-refractivity contribution is -0.225. The predicted molar refractivity (Wildman–Crippen MR) is 80.2 cm³/mol. The van der Waals surface area contributed by atoms with E-state index >= 15 is 0 Å². The summed E-state index contributed by atoms with van der Waals surface area (Å²) in [6.45, 7) is 12.1. The summed E-state index contributed by atoms with van der Waals surface area (Å²) >= 11 is 0. The van der Waals surface area contributed by atoms with Gasteiger partial charge in [0.05, 0.1) is 6.10 Å². The van der Waals surface area contributed by atoms with Gasteiger partial charge < -0.3 is 15.8 Å². The van der Waals surface area contributed by atoms with Crippen LogP contribution in [0.25, 0.3) is 0 Å². The maximum atomic E-state index is 12.6. The van der Waals surface area contributed by atoms with Gasteiger partial charge in [-0.1, -0.05) is 34.6 Å². The Morgan fingerprint density at radius 2 is 2.05 bits per heavy atom. The summed E-state index contributed by atoms with van der Waals surface area (Å²) in [6, 6.07) is 0. The Bertz CT molecular complexity index is 386. The van der Waals surface area contributed by atoms with Crippen LogP contribution in [0.5, 0.6) is 0 Å². The van der Waals surface area contributed by atoms with Crippen molar-refractivity contribution < 1.29 is 9.53 Å². The van der Waals surface area contributed by atoms with E-state index < -0.39 is 5.54 Å². The molecule has 20 heavy (non-hydrogen) atoms. The zero-order valence-electron chi connectivity index (χ0n) is 13.6. The second kappa shape index (κ2) is 4.99. The van der Waals surface area contributed by atoms with Crippen molar-refractivity contribution in [3.05, 3.63) is 0 Å². The van der Waals surface area contributed by atoms with Crippen molar-refractivity contribution in [2.75, 3.05) is 13.2 Å². The molecule has 1 heterocycles. The van der Waals surface area contributed by atoms with Crippen molar-refractivity contribution in [3.8, 4) is 0 Å². The third kappa shape index (κ3) is 2.37. The fourth-order valence-electron chi connectivity index (χ4n) is 3.73. The maximum Gasteiger partial charge on any atom is 0.241 e. The summed E-state index contributed by atoms with van der Waals surface area (Å²) in [7, 11) is 0. The highest BCUT2D eigenvalue weighted by Gasteiger charge is 2.70. The molecule has 2 rings (SSSR count). The fraction of sp³-hybridized carbons (Fsp3) is 0.938. The molecular formula is C16H30N2O2. The van der Waals surface area contributed by atoms with Crippen LogP contribution in [0.1, 0.15) is 53.9 Å². The predicted octanol–water partition coefficient (Wildman–Crippen LogP) is 2.07. The number of rotatable bonds is 3. The molecular weight excluding hydrogens is 252 g/mol. The van der Waals surface area contributed by atoms with Gasteiger partial charge in [0.15, 0.2) is 0 Å². The molecule has 4 nitrogen and oxygen atoms in total. The molecule has 1 aliphatic heterocycles. The highest BCUT2D eigenvalue weighted by Crippen LogP contribution is 2.57. The average molecular weight is 282 g/mol. The first-order valence-electron chi connectivity index (χ1n) is 7.79. The smallest absolute Gasteiger partial charge is 0.241 e. The van der Waals surface area contributed by atoms with Gasteiger partial charge in [0.2, 0.25) is 5.91 Å². The average Bonchev–Trinajstić information content (AvgIpc) is 2.36. The Kier molecular flexibility index (Phi) is 3.93. The molecule has 3 N–H and O–H groups in total. The van der Waals surface area contributed by atoms with E-state index in [-0.39, 0.29) is 28.8 Å². The van der Waals surface area contributed by atoms with Gasteiger partial charge in [-0.2, -0.15) is 0 Å². The second-order valence-corrected chi connectivity index (χ2v) is 8.20. The zero-order valence-corrected chi connectivity index (χ0v) is 13.6. The van der Waals surface area contributed by atoms with E-state index in [0.717, 1.165) is 25.9 Å². The van der Waals surface area contributed by atoms with E-state index in [9.17, 15) is 4.79 Å². The van der Waals surface area contributed by atoms with Crippen LogP contribution in [0, 0.1) is 16.7 Å². The lowest BCUT2D eigenvalue weighted by Crippen LogP contribution is -2.82. The molecule has 2 fully saturated rings. The molecule has 0 bridgehead atoms. The van der Waals surface area contributed by atoms with Gasteiger partial charge in [-0.3, -0.25) is 4.79 Å². The van der Waals surface area contributed by atoms with Crippen molar-refractivity contribution in [3.63, 3.8) is 0 Å². The first-order valence-corrected chi connectivity index (χ1v) is 7.79. The molecule has 0 radical (unpaired) electrons. The number of fused-ring (bicyclic) bond motifs is 1. The van der Waals surface area contributed by atoms with Gasteiger partial charge in [0, 0.05) is 24.5 Å². The Labute approximate surface area is 122 Å². The SMILES string of the molecule is CC(C)(C)CCNC(=O)C1(N)C2CCCOC2C1(C)C. The van der Waals surface area contributed by atoms with Gasteiger partial charge in [0.1, 0.15) is 5.54 Å². The number of hydrogen-bond donors (Lipinski definition) is 2. The topological polar surface area (TPSA) is 64.4 Å². The molecule has 0 aromatic carbocycles. The quantitative estimate of drug-likeness (QED) is 0.833. The first kappa shape index (κ1) is 15.8. The van der Waals surface area contributed by atoms with Gasteiger partial charge in [0.25, 0.3) is 0 Å². The Morgan fingerprint density at radius 1 is 1.40 bits per heavy atom. The summed E-state index contributed by atoms with van der Waals surface area (Å²) < 4.78 is 5.84. The first-order chi connectivity index (χ1) is 9.11. The summed E-state index contributed by atoms with van der Waals surface area (Å²) in [5.41, 5.74) is 5.69. The van der Waals surface area contributed by atoms with Gasteiger partial charge in [-0.05, 0) is 24.7 Å². The number of nitrogens with one attached hydrogen (secondary N) is 1. The largest absolute Gasteiger partial charge is 0.377 e. The molecule has 0 aromatic rings. The molecule has 1 saturated heterocycles. The van der Waals surface area contributed by atoms with Crippen LogP contribution in [0.15, 0.2) is 0 Å². The highest BCUT2D eigenvalue weighted by molar-refractivity contribution is 5.89. The summed E-state index contributed by atoms with van der Waals surface area (Å²) in [5, 5.41) is 3.05. The van der Waals surface area contributed by atoms with Gasteiger partial charge in [-0.15, -0.1) is 0 Å². The molecule has 0 spiro atoms. The highest BCUT2D eigenvalue weighted by atomic mass is 16.5. The maximum absolute atomic E-state index is 12.6. The fourth-order valence-corrected chi connectivity index (χ4v) is 3.73. The second-order valence-electron chi connectivity index (χ2n) is 8.20. The van der Waals surface area contributed by atoms with E-state index in [2.05, 4.69) is 39.9 Å². The summed E-state index contributed by atoms with van der Waals surface area (Å²) in [6.07, 6.45) is 3.09. The minimum absolute atomic E-state index is 0.00139. The molecule has 3 atom stereocenters. The van der Waals surface area contributed by atoms with Crippen LogP contribution >= 0.6 is 0 Å². The number of hydrogen-bond acceptors (Lipinski definition) is 3. The number of amides is 1. The van der Waals surface area contributed by atoms with E-state index in [4.69, 9.17) is 10.5 Å². The molecule has 1 amide bonds. The van der Waals surface area contributed by atoms with Crippen molar-refractivity contribution >= 4 is 5.91 Å². The van der Waals surface area contributed by atoms with E-state index in [1.807, 2.05) is 0 Å². The molecule has 1 saturated carbocycles. The number of nitrogens with two attached hydrogens (primary N) is 1. The number of carbonyl (C=O) groups is 1. The van der Waals surface area contributed by atoms with E-state index in [1.165, 1.54) is 0 Å². The normalized spacial score (nSPS) is 35.9. The summed E-state index contributed by atoms with van der Waals surface area (Å²) in [5.74, 6) is 0.166. The molecule has 0 aromatic heterocycles. The Morgan fingerprint density at radius 3 is 2.65 bits per heavy atom. The number of carbonyl (C=O) groups excluding carboxylic acids is 1. The van der Waals surface area contributed by atoms with Crippen molar-refractivity contribution in [1.82, 2.24) is 5.32 Å². The molecule has 1 aliphatic carbocycles. The minimum atomic E-state index is -0.782. The van der Waals surface area contributed by atoms with E-state index in [0.29, 0.717) is 6.54 Å². The third-order valence-electron chi connectivity index (χ3n) is 5.22. The van der Waals surface area contributed by atoms with E-state index in [1.54, 1.807) is 0 Å². The van der Waals surface area contributed by atoms with Crippen molar-refractivity contribution in [1.29, 1.82) is 0 Å². The lowest BCUT2D eigenvalue weighted by Gasteiger charge is -2.65. The standard InChI is InChI=1S/C16H30N2O2/c1-14(2,3)8-9-18-13(19)16(17)11-7-6-10-20-12(11)15(16,4)5/h11-12H,6-10,17H2,1-5H3,(H,18,19). The van der Waals surface area contributed by atoms with Crippen LogP contribution in [0.3, 0.4) is 0 Å². The zero-order chi connectivity index (χ0) is 15.2. The lowest BCUT2D eigenvalue weighted by atomic mass is 9.46. The molecule has 3 unspecified atom stereocenters. The molecule has 2 aliphatic rings. The van der Waals surface area contributed by atoms with Crippen LogP contribution in [0.2, 0.25) is 0 Å². The van der Waals surface area contributed by atoms with Crippen molar-refractivity contribution in [2.24, 2.45) is 22.5 Å². The monoisotopic (exact) mass is 282 g/mol.